The third kappa shape index (κ3) is 3.76. The van der Waals surface area contributed by atoms with Gasteiger partial charge >= 0.3 is 0 Å². The lowest BCUT2D eigenvalue weighted by Crippen LogP contribution is -2.40. The van der Waals surface area contributed by atoms with E-state index in [1.807, 2.05) is 18.2 Å². The molecular formula is C17H23BrN2. The Morgan fingerprint density at radius 3 is 2.30 bits per heavy atom. The first-order valence-electron chi connectivity index (χ1n) is 7.17. The van der Waals surface area contributed by atoms with Gasteiger partial charge in [0.2, 0.25) is 0 Å². The lowest BCUT2D eigenvalue weighted by Gasteiger charge is -2.45. The van der Waals surface area contributed by atoms with Crippen LogP contribution in [0.5, 0.6) is 0 Å². The second-order valence-electron chi connectivity index (χ2n) is 7.56. The zero-order valence-electron chi connectivity index (χ0n) is 12.8. The molecule has 2 rings (SSSR count). The van der Waals surface area contributed by atoms with Crippen molar-refractivity contribution in [2.75, 3.05) is 5.32 Å². The summed E-state index contributed by atoms with van der Waals surface area (Å²) in [4.78, 5) is 0. The summed E-state index contributed by atoms with van der Waals surface area (Å²) in [6, 6.07) is 8.39. The molecule has 1 fully saturated rings. The van der Waals surface area contributed by atoms with Crippen LogP contribution in [0.15, 0.2) is 22.7 Å². The summed E-state index contributed by atoms with van der Waals surface area (Å²) in [5, 5.41) is 12.6. The monoisotopic (exact) mass is 334 g/mol. The molecule has 1 aliphatic carbocycles. The van der Waals surface area contributed by atoms with Crippen LogP contribution in [0.25, 0.3) is 0 Å². The summed E-state index contributed by atoms with van der Waals surface area (Å²) in [5.41, 5.74) is 2.52. The summed E-state index contributed by atoms with van der Waals surface area (Å²) >= 11 is 3.56. The Morgan fingerprint density at radius 1 is 1.20 bits per heavy atom. The number of hydrogen-bond donors (Lipinski definition) is 1. The summed E-state index contributed by atoms with van der Waals surface area (Å²) in [6.45, 7) is 9.43. The van der Waals surface area contributed by atoms with Crippen molar-refractivity contribution in [1.29, 1.82) is 5.26 Å². The second kappa shape index (κ2) is 5.41. The summed E-state index contributed by atoms with van der Waals surface area (Å²) < 4.78 is 0.970. The number of hydrogen-bond acceptors (Lipinski definition) is 2. The zero-order chi connectivity index (χ0) is 15.0. The first-order valence-corrected chi connectivity index (χ1v) is 7.96. The molecule has 0 aromatic heterocycles. The van der Waals surface area contributed by atoms with Crippen molar-refractivity contribution < 1.29 is 0 Å². The fraction of sp³-hybridized carbons (Fsp3) is 0.588. The van der Waals surface area contributed by atoms with Crippen molar-refractivity contribution >= 4 is 21.6 Å². The highest BCUT2D eigenvalue weighted by Crippen LogP contribution is 2.46. The normalized spacial score (nSPS) is 21.2. The molecule has 0 unspecified atom stereocenters. The van der Waals surface area contributed by atoms with Crippen LogP contribution in [0.3, 0.4) is 0 Å². The highest BCUT2D eigenvalue weighted by atomic mass is 79.9. The van der Waals surface area contributed by atoms with Gasteiger partial charge in [0.1, 0.15) is 0 Å². The van der Waals surface area contributed by atoms with Crippen LogP contribution in [0.4, 0.5) is 5.69 Å². The van der Waals surface area contributed by atoms with Gasteiger partial charge in [0.15, 0.2) is 0 Å². The molecule has 1 aromatic carbocycles. The van der Waals surface area contributed by atoms with Crippen molar-refractivity contribution in [2.45, 2.75) is 53.0 Å². The van der Waals surface area contributed by atoms with Crippen molar-refractivity contribution in [3.63, 3.8) is 0 Å². The molecule has 0 atom stereocenters. The van der Waals surface area contributed by atoms with E-state index in [2.05, 4.69) is 55.0 Å². The third-order valence-electron chi connectivity index (χ3n) is 4.01. The molecule has 0 bridgehead atoms. The van der Waals surface area contributed by atoms with E-state index in [-0.39, 0.29) is 0 Å². The van der Waals surface area contributed by atoms with E-state index in [1.54, 1.807) is 0 Å². The van der Waals surface area contributed by atoms with Gasteiger partial charge < -0.3 is 5.32 Å². The quantitative estimate of drug-likeness (QED) is 0.792. The van der Waals surface area contributed by atoms with E-state index < -0.39 is 0 Å². The number of halogens is 1. The van der Waals surface area contributed by atoms with Gasteiger partial charge in [0.25, 0.3) is 0 Å². The predicted octanol–water partition coefficient (Wildman–Crippen LogP) is 5.34. The maximum Gasteiger partial charge on any atom is 0.0992 e. The molecule has 0 radical (unpaired) electrons. The smallest absolute Gasteiger partial charge is 0.0992 e. The van der Waals surface area contributed by atoms with Gasteiger partial charge in [-0.1, -0.05) is 27.7 Å². The molecule has 2 nitrogen and oxygen atoms in total. The van der Waals surface area contributed by atoms with Crippen molar-refractivity contribution in [1.82, 2.24) is 0 Å². The topological polar surface area (TPSA) is 35.8 Å². The van der Waals surface area contributed by atoms with E-state index in [9.17, 15) is 0 Å². The lowest BCUT2D eigenvalue weighted by atomic mass is 9.63. The van der Waals surface area contributed by atoms with Crippen LogP contribution in [0.2, 0.25) is 0 Å². The Balaban J connectivity index is 2.16. The maximum absolute atomic E-state index is 8.92. The van der Waals surface area contributed by atoms with Crippen LogP contribution in [-0.4, -0.2) is 6.04 Å². The molecular weight excluding hydrogens is 312 g/mol. The van der Waals surface area contributed by atoms with Crippen LogP contribution >= 0.6 is 15.9 Å². The number of nitrogens with zero attached hydrogens (tertiary/aromatic N) is 1. The minimum atomic E-state index is 0.373. The van der Waals surface area contributed by atoms with E-state index in [0.29, 0.717) is 22.4 Å². The van der Waals surface area contributed by atoms with Gasteiger partial charge in [-0.2, -0.15) is 5.26 Å². The van der Waals surface area contributed by atoms with E-state index in [4.69, 9.17) is 5.26 Å². The number of nitriles is 1. The van der Waals surface area contributed by atoms with Crippen molar-refractivity contribution in [3.8, 4) is 6.07 Å². The summed E-state index contributed by atoms with van der Waals surface area (Å²) in [6.07, 6.45) is 3.64. The first kappa shape index (κ1) is 15.4. The summed E-state index contributed by atoms with van der Waals surface area (Å²) in [5.74, 6) is 0. The Labute approximate surface area is 130 Å². The molecule has 0 saturated heterocycles. The van der Waals surface area contributed by atoms with Crippen LogP contribution in [0, 0.1) is 22.2 Å². The average Bonchev–Trinajstić information content (AvgIpc) is 2.27. The maximum atomic E-state index is 8.92. The number of benzene rings is 1. The van der Waals surface area contributed by atoms with Gasteiger partial charge in [-0.3, -0.25) is 0 Å². The van der Waals surface area contributed by atoms with E-state index in [1.165, 1.54) is 19.3 Å². The molecule has 3 heteroatoms. The molecule has 1 aromatic rings. The standard InChI is InChI=1S/C17H23BrN2/c1-16(2)8-13(9-17(3,4)11-16)20-15-6-5-12(10-19)7-14(15)18/h5-7,13,20H,8-9,11H2,1-4H3. The Kier molecular flexibility index (Phi) is 4.16. The number of rotatable bonds is 2. The van der Waals surface area contributed by atoms with E-state index in [0.717, 1.165) is 10.2 Å². The molecule has 108 valence electrons. The molecule has 1 aliphatic rings. The Hall–Kier alpha value is -1.01. The molecule has 1 saturated carbocycles. The second-order valence-corrected chi connectivity index (χ2v) is 8.42. The third-order valence-corrected chi connectivity index (χ3v) is 4.67. The highest BCUT2D eigenvalue weighted by molar-refractivity contribution is 9.10. The summed E-state index contributed by atoms with van der Waals surface area (Å²) in [7, 11) is 0. The van der Waals surface area contributed by atoms with Gasteiger partial charge in [0, 0.05) is 16.2 Å². The average molecular weight is 335 g/mol. The molecule has 1 N–H and O–H groups in total. The van der Waals surface area contributed by atoms with Gasteiger partial charge in [-0.05, 0) is 64.2 Å². The largest absolute Gasteiger partial charge is 0.381 e. The van der Waals surface area contributed by atoms with Gasteiger partial charge in [0.05, 0.1) is 11.6 Å². The fourth-order valence-corrected chi connectivity index (χ4v) is 4.36. The highest BCUT2D eigenvalue weighted by Gasteiger charge is 2.38. The van der Waals surface area contributed by atoms with Crippen molar-refractivity contribution in [2.24, 2.45) is 10.8 Å². The van der Waals surface area contributed by atoms with Gasteiger partial charge in [-0.25, -0.2) is 0 Å². The minimum Gasteiger partial charge on any atom is -0.381 e. The SMILES string of the molecule is CC1(C)CC(Nc2ccc(C#N)cc2Br)CC(C)(C)C1. The van der Waals surface area contributed by atoms with Crippen LogP contribution in [-0.2, 0) is 0 Å². The Morgan fingerprint density at radius 2 is 1.80 bits per heavy atom. The van der Waals surface area contributed by atoms with Crippen molar-refractivity contribution in [3.05, 3.63) is 28.2 Å². The molecule has 0 aliphatic heterocycles. The zero-order valence-corrected chi connectivity index (χ0v) is 14.3. The number of anilines is 1. The lowest BCUT2D eigenvalue weighted by molar-refractivity contribution is 0.105. The predicted molar refractivity (Wildman–Crippen MR) is 87.7 cm³/mol. The van der Waals surface area contributed by atoms with E-state index >= 15 is 0 Å². The molecule has 0 spiro atoms. The first-order chi connectivity index (χ1) is 9.21. The molecule has 0 amide bonds. The fourth-order valence-electron chi connectivity index (χ4n) is 3.87. The minimum absolute atomic E-state index is 0.373. The molecule has 0 heterocycles. The van der Waals surface area contributed by atoms with Gasteiger partial charge in [-0.15, -0.1) is 0 Å². The number of nitrogens with one attached hydrogen (secondary N) is 1. The van der Waals surface area contributed by atoms with Crippen LogP contribution < -0.4 is 5.32 Å². The molecule has 20 heavy (non-hydrogen) atoms. The van der Waals surface area contributed by atoms with Crippen LogP contribution in [0.1, 0.15) is 52.5 Å². The Bertz CT molecular complexity index is 524.